The lowest BCUT2D eigenvalue weighted by atomic mass is 9.71. The van der Waals surface area contributed by atoms with Crippen LogP contribution >= 0.6 is 0 Å². The third kappa shape index (κ3) is 3.75. The van der Waals surface area contributed by atoms with Crippen LogP contribution in [0.5, 0.6) is 0 Å². The molecule has 0 amide bonds. The highest BCUT2D eigenvalue weighted by Gasteiger charge is 2.37. The SMILES string of the molecule is CC(CN1CCOCC1)NC1CCC2(CCCC2)CC1. The lowest BCUT2D eigenvalue weighted by molar-refractivity contribution is 0.0330. The molecular weight excluding hydrogens is 248 g/mol. The van der Waals surface area contributed by atoms with Gasteiger partial charge in [0.25, 0.3) is 0 Å². The minimum absolute atomic E-state index is 0.621. The Kier molecular flexibility index (Phi) is 5.00. The molecule has 2 aliphatic carbocycles. The van der Waals surface area contributed by atoms with Crippen molar-refractivity contribution in [1.29, 1.82) is 0 Å². The summed E-state index contributed by atoms with van der Waals surface area (Å²) in [5.41, 5.74) is 0.769. The van der Waals surface area contributed by atoms with Gasteiger partial charge in [0.1, 0.15) is 0 Å². The third-order valence-electron chi connectivity index (χ3n) is 5.87. The van der Waals surface area contributed by atoms with Gasteiger partial charge >= 0.3 is 0 Å². The van der Waals surface area contributed by atoms with Crippen LogP contribution in [0.2, 0.25) is 0 Å². The average molecular weight is 280 g/mol. The Morgan fingerprint density at radius 3 is 2.40 bits per heavy atom. The standard InChI is InChI=1S/C17H32N2O/c1-15(14-19-10-12-20-13-11-19)18-16-4-8-17(9-5-16)6-2-3-7-17/h15-16,18H,2-14H2,1H3. The van der Waals surface area contributed by atoms with E-state index in [0.29, 0.717) is 6.04 Å². The molecule has 3 rings (SSSR count). The van der Waals surface area contributed by atoms with Crippen molar-refractivity contribution in [2.45, 2.75) is 70.4 Å². The topological polar surface area (TPSA) is 24.5 Å². The molecule has 116 valence electrons. The summed E-state index contributed by atoms with van der Waals surface area (Å²) in [6.07, 6.45) is 11.8. The number of nitrogens with one attached hydrogen (secondary N) is 1. The van der Waals surface area contributed by atoms with E-state index in [4.69, 9.17) is 4.74 Å². The highest BCUT2D eigenvalue weighted by molar-refractivity contribution is 4.92. The minimum Gasteiger partial charge on any atom is -0.379 e. The molecule has 0 aromatic heterocycles. The molecule has 0 aromatic carbocycles. The fourth-order valence-electron chi connectivity index (χ4n) is 4.65. The van der Waals surface area contributed by atoms with Gasteiger partial charge < -0.3 is 10.1 Å². The van der Waals surface area contributed by atoms with Gasteiger partial charge in [0, 0.05) is 31.7 Å². The number of nitrogens with zero attached hydrogens (tertiary/aromatic N) is 1. The highest BCUT2D eigenvalue weighted by Crippen LogP contribution is 2.48. The molecule has 1 heterocycles. The summed E-state index contributed by atoms with van der Waals surface area (Å²) < 4.78 is 5.42. The van der Waals surface area contributed by atoms with Gasteiger partial charge in [0.2, 0.25) is 0 Å². The third-order valence-corrected chi connectivity index (χ3v) is 5.87. The Labute approximate surface area is 124 Å². The smallest absolute Gasteiger partial charge is 0.0594 e. The second kappa shape index (κ2) is 6.76. The molecule has 3 nitrogen and oxygen atoms in total. The number of hydrogen-bond donors (Lipinski definition) is 1. The fourth-order valence-corrected chi connectivity index (χ4v) is 4.65. The predicted octanol–water partition coefficient (Wildman–Crippen LogP) is 2.80. The van der Waals surface area contributed by atoms with E-state index in [0.717, 1.165) is 37.8 Å². The zero-order chi connectivity index (χ0) is 13.8. The maximum atomic E-state index is 5.42. The van der Waals surface area contributed by atoms with Gasteiger partial charge in [-0.2, -0.15) is 0 Å². The molecule has 0 radical (unpaired) electrons. The predicted molar refractivity (Wildman–Crippen MR) is 83.0 cm³/mol. The van der Waals surface area contributed by atoms with Gasteiger partial charge in [-0.1, -0.05) is 12.8 Å². The molecule has 3 fully saturated rings. The van der Waals surface area contributed by atoms with Crippen molar-refractivity contribution >= 4 is 0 Å². The molecule has 3 heteroatoms. The molecule has 1 spiro atoms. The van der Waals surface area contributed by atoms with E-state index in [2.05, 4.69) is 17.1 Å². The summed E-state index contributed by atoms with van der Waals surface area (Å²) >= 11 is 0. The molecule has 1 atom stereocenters. The van der Waals surface area contributed by atoms with Crippen LogP contribution in [0.3, 0.4) is 0 Å². The van der Waals surface area contributed by atoms with E-state index < -0.39 is 0 Å². The molecule has 0 bridgehead atoms. The molecule has 3 aliphatic rings. The Morgan fingerprint density at radius 2 is 1.75 bits per heavy atom. The van der Waals surface area contributed by atoms with Gasteiger partial charge in [0.15, 0.2) is 0 Å². The molecule has 2 saturated carbocycles. The van der Waals surface area contributed by atoms with Crippen molar-refractivity contribution < 1.29 is 4.74 Å². The summed E-state index contributed by atoms with van der Waals surface area (Å²) in [5.74, 6) is 0. The zero-order valence-corrected chi connectivity index (χ0v) is 13.2. The van der Waals surface area contributed by atoms with Crippen LogP contribution in [0, 0.1) is 5.41 Å². The zero-order valence-electron chi connectivity index (χ0n) is 13.2. The number of rotatable bonds is 4. The molecule has 1 N–H and O–H groups in total. The molecular formula is C17H32N2O. The van der Waals surface area contributed by atoms with Gasteiger partial charge in [-0.15, -0.1) is 0 Å². The number of ether oxygens (including phenoxy) is 1. The van der Waals surface area contributed by atoms with Gasteiger partial charge in [-0.05, 0) is 50.9 Å². The normalized spacial score (nSPS) is 29.9. The lowest BCUT2D eigenvalue weighted by Crippen LogP contribution is -2.48. The van der Waals surface area contributed by atoms with Crippen molar-refractivity contribution in [1.82, 2.24) is 10.2 Å². The summed E-state index contributed by atoms with van der Waals surface area (Å²) in [4.78, 5) is 2.54. The van der Waals surface area contributed by atoms with Crippen molar-refractivity contribution in [3.8, 4) is 0 Å². The van der Waals surface area contributed by atoms with E-state index in [1.165, 1.54) is 57.9 Å². The summed E-state index contributed by atoms with van der Waals surface area (Å²) in [6, 6.07) is 1.40. The lowest BCUT2D eigenvalue weighted by Gasteiger charge is -2.39. The monoisotopic (exact) mass is 280 g/mol. The van der Waals surface area contributed by atoms with Gasteiger partial charge in [-0.3, -0.25) is 4.90 Å². The van der Waals surface area contributed by atoms with Crippen LogP contribution in [-0.2, 0) is 4.74 Å². The highest BCUT2D eigenvalue weighted by atomic mass is 16.5. The second-order valence-corrected chi connectivity index (χ2v) is 7.46. The Hall–Kier alpha value is -0.120. The van der Waals surface area contributed by atoms with Crippen LogP contribution in [0.25, 0.3) is 0 Å². The molecule has 1 aliphatic heterocycles. The van der Waals surface area contributed by atoms with E-state index in [-0.39, 0.29) is 0 Å². The Bertz CT molecular complexity index is 285. The van der Waals surface area contributed by atoms with Crippen molar-refractivity contribution in [3.05, 3.63) is 0 Å². The van der Waals surface area contributed by atoms with Crippen molar-refractivity contribution in [3.63, 3.8) is 0 Å². The molecule has 0 aromatic rings. The van der Waals surface area contributed by atoms with Crippen LogP contribution in [0.1, 0.15) is 58.3 Å². The van der Waals surface area contributed by atoms with Gasteiger partial charge in [-0.25, -0.2) is 0 Å². The van der Waals surface area contributed by atoms with Crippen molar-refractivity contribution in [2.75, 3.05) is 32.8 Å². The maximum Gasteiger partial charge on any atom is 0.0594 e. The van der Waals surface area contributed by atoms with Crippen LogP contribution in [0.15, 0.2) is 0 Å². The van der Waals surface area contributed by atoms with E-state index in [9.17, 15) is 0 Å². The van der Waals surface area contributed by atoms with Gasteiger partial charge in [0.05, 0.1) is 13.2 Å². The first-order valence-electron chi connectivity index (χ1n) is 8.82. The minimum atomic E-state index is 0.621. The summed E-state index contributed by atoms with van der Waals surface area (Å²) in [6.45, 7) is 7.59. The Morgan fingerprint density at radius 1 is 1.10 bits per heavy atom. The van der Waals surface area contributed by atoms with Crippen molar-refractivity contribution in [2.24, 2.45) is 5.41 Å². The first-order chi connectivity index (χ1) is 9.76. The van der Waals surface area contributed by atoms with E-state index >= 15 is 0 Å². The second-order valence-electron chi connectivity index (χ2n) is 7.46. The number of morpholine rings is 1. The summed E-state index contributed by atoms with van der Waals surface area (Å²) in [5, 5.41) is 3.89. The van der Waals surface area contributed by atoms with E-state index in [1.54, 1.807) is 0 Å². The van der Waals surface area contributed by atoms with Crippen LogP contribution in [0.4, 0.5) is 0 Å². The first-order valence-corrected chi connectivity index (χ1v) is 8.82. The first kappa shape index (κ1) is 14.8. The average Bonchev–Trinajstić information content (AvgIpc) is 2.91. The van der Waals surface area contributed by atoms with Crippen LogP contribution in [-0.4, -0.2) is 49.8 Å². The quantitative estimate of drug-likeness (QED) is 0.857. The summed E-state index contributed by atoms with van der Waals surface area (Å²) in [7, 11) is 0. The molecule has 20 heavy (non-hydrogen) atoms. The van der Waals surface area contributed by atoms with Crippen LogP contribution < -0.4 is 5.32 Å². The fraction of sp³-hybridized carbons (Fsp3) is 1.00. The molecule has 1 saturated heterocycles. The van der Waals surface area contributed by atoms with E-state index in [1.807, 2.05) is 0 Å². The maximum absolute atomic E-state index is 5.42. The number of hydrogen-bond acceptors (Lipinski definition) is 3. The largest absolute Gasteiger partial charge is 0.379 e. The molecule has 1 unspecified atom stereocenters. The Balaban J connectivity index is 1.38.